The normalized spacial score (nSPS) is 11.2. The third kappa shape index (κ3) is 3.72. The summed E-state index contributed by atoms with van der Waals surface area (Å²) in [5.41, 5.74) is -0.0976. The zero-order chi connectivity index (χ0) is 18.7. The first kappa shape index (κ1) is 17.6. The Bertz CT molecular complexity index is 932. The molecule has 0 aliphatic heterocycles. The Kier molecular flexibility index (Phi) is 4.71. The first-order chi connectivity index (χ1) is 12.4. The van der Waals surface area contributed by atoms with E-state index in [-0.39, 0.29) is 17.1 Å². The van der Waals surface area contributed by atoms with Crippen molar-refractivity contribution in [3.63, 3.8) is 0 Å². The van der Waals surface area contributed by atoms with Crippen LogP contribution in [0.4, 0.5) is 18.9 Å². The molecule has 1 aromatic heterocycles. The summed E-state index contributed by atoms with van der Waals surface area (Å²) >= 11 is 0. The number of anilines is 1. The molecule has 1 N–H and O–H groups in total. The van der Waals surface area contributed by atoms with Gasteiger partial charge in [-0.05, 0) is 36.4 Å². The maximum absolute atomic E-state index is 12.8. The van der Waals surface area contributed by atoms with Crippen molar-refractivity contribution in [2.75, 3.05) is 12.4 Å². The average Bonchev–Trinajstić information content (AvgIpc) is 3.12. The highest BCUT2D eigenvalue weighted by molar-refractivity contribution is 6.03. The van der Waals surface area contributed by atoms with Gasteiger partial charge in [-0.1, -0.05) is 24.3 Å². The number of halogens is 3. The zero-order valence-electron chi connectivity index (χ0n) is 13.6. The topological polar surface area (TPSA) is 51.5 Å². The molecule has 2 aromatic carbocycles. The number of furan rings is 1. The molecule has 0 atom stereocenters. The summed E-state index contributed by atoms with van der Waals surface area (Å²) in [4.78, 5) is 12.3. The van der Waals surface area contributed by atoms with Crippen molar-refractivity contribution in [3.05, 3.63) is 72.0 Å². The Morgan fingerprint density at radius 2 is 1.81 bits per heavy atom. The lowest BCUT2D eigenvalue weighted by atomic mass is 10.1. The molecule has 3 rings (SSSR count). The van der Waals surface area contributed by atoms with Gasteiger partial charge >= 0.3 is 6.18 Å². The predicted molar refractivity (Wildman–Crippen MR) is 90.1 cm³/mol. The monoisotopic (exact) mass is 361 g/mol. The molecular weight excluding hydrogens is 347 g/mol. The van der Waals surface area contributed by atoms with E-state index in [4.69, 9.17) is 9.15 Å². The van der Waals surface area contributed by atoms with E-state index in [9.17, 15) is 18.0 Å². The van der Waals surface area contributed by atoms with Gasteiger partial charge in [-0.3, -0.25) is 4.79 Å². The van der Waals surface area contributed by atoms with E-state index in [1.54, 1.807) is 24.3 Å². The van der Waals surface area contributed by atoms with Gasteiger partial charge in [0.25, 0.3) is 5.91 Å². The van der Waals surface area contributed by atoms with E-state index >= 15 is 0 Å². The minimum absolute atomic E-state index is 0.0247. The molecule has 4 nitrogen and oxygen atoms in total. The minimum atomic E-state index is -4.45. The summed E-state index contributed by atoms with van der Waals surface area (Å²) in [7, 11) is 1.48. The van der Waals surface area contributed by atoms with E-state index in [0.717, 1.165) is 12.1 Å². The van der Waals surface area contributed by atoms with Crippen LogP contribution < -0.4 is 10.1 Å². The number of methoxy groups -OCH3 is 1. The molecule has 0 saturated heterocycles. The van der Waals surface area contributed by atoms with Crippen LogP contribution in [0.2, 0.25) is 0 Å². The molecule has 0 aliphatic carbocycles. The molecule has 0 radical (unpaired) electrons. The molecule has 0 unspecified atom stereocenters. The number of nitrogens with one attached hydrogen (secondary N) is 1. The van der Waals surface area contributed by atoms with Crippen LogP contribution in [0, 0.1) is 0 Å². The molecule has 0 spiro atoms. The summed E-state index contributed by atoms with van der Waals surface area (Å²) in [6, 6.07) is 14.4. The van der Waals surface area contributed by atoms with Crippen LogP contribution in [-0.4, -0.2) is 13.0 Å². The van der Waals surface area contributed by atoms with Gasteiger partial charge in [-0.15, -0.1) is 0 Å². The second-order valence-electron chi connectivity index (χ2n) is 5.40. The van der Waals surface area contributed by atoms with Crippen LogP contribution in [0.1, 0.15) is 16.1 Å². The number of alkyl halides is 3. The second-order valence-corrected chi connectivity index (χ2v) is 5.40. The molecule has 0 aliphatic rings. The number of ether oxygens (including phenoxy) is 1. The zero-order valence-corrected chi connectivity index (χ0v) is 13.6. The molecule has 26 heavy (non-hydrogen) atoms. The van der Waals surface area contributed by atoms with Crippen molar-refractivity contribution in [2.24, 2.45) is 0 Å². The first-order valence-corrected chi connectivity index (χ1v) is 7.60. The van der Waals surface area contributed by atoms with Crippen LogP contribution in [-0.2, 0) is 6.18 Å². The van der Waals surface area contributed by atoms with Crippen LogP contribution >= 0.6 is 0 Å². The number of amides is 1. The van der Waals surface area contributed by atoms with Crippen molar-refractivity contribution in [1.29, 1.82) is 0 Å². The molecule has 1 amide bonds. The number of carbonyl (C=O) groups excluding carboxylic acids is 1. The van der Waals surface area contributed by atoms with Gasteiger partial charge in [-0.25, -0.2) is 0 Å². The van der Waals surface area contributed by atoms with Crippen molar-refractivity contribution < 1.29 is 27.1 Å². The molecule has 1 heterocycles. The lowest BCUT2D eigenvalue weighted by Gasteiger charge is -2.08. The molecule has 0 saturated carbocycles. The fourth-order valence-corrected chi connectivity index (χ4v) is 2.40. The Balaban J connectivity index is 1.83. The number of hydrogen-bond donors (Lipinski definition) is 1. The highest BCUT2D eigenvalue weighted by Crippen LogP contribution is 2.33. The Labute approximate surface area is 147 Å². The molecule has 7 heteroatoms. The lowest BCUT2D eigenvalue weighted by molar-refractivity contribution is -0.137. The summed E-state index contributed by atoms with van der Waals surface area (Å²) in [5, 5.41) is 2.64. The molecular formula is C19H14F3NO3. The maximum Gasteiger partial charge on any atom is 0.416 e. The first-order valence-electron chi connectivity index (χ1n) is 7.60. The number of para-hydroxylation sites is 2. The van der Waals surface area contributed by atoms with Crippen LogP contribution in [0.3, 0.4) is 0 Å². The maximum atomic E-state index is 12.8. The largest absolute Gasteiger partial charge is 0.495 e. The van der Waals surface area contributed by atoms with E-state index < -0.39 is 17.6 Å². The number of carbonyl (C=O) groups is 1. The minimum Gasteiger partial charge on any atom is -0.495 e. The Morgan fingerprint density at radius 1 is 1.04 bits per heavy atom. The number of hydrogen-bond acceptors (Lipinski definition) is 3. The predicted octanol–water partition coefficient (Wildman–Crippen LogP) is 5.23. The van der Waals surface area contributed by atoms with Gasteiger partial charge in [0.15, 0.2) is 5.76 Å². The van der Waals surface area contributed by atoms with E-state index in [0.29, 0.717) is 11.4 Å². The number of rotatable bonds is 4. The van der Waals surface area contributed by atoms with Crippen LogP contribution in [0.15, 0.2) is 65.1 Å². The highest BCUT2D eigenvalue weighted by atomic mass is 19.4. The van der Waals surface area contributed by atoms with Crippen LogP contribution in [0.25, 0.3) is 11.3 Å². The van der Waals surface area contributed by atoms with Gasteiger partial charge in [0.2, 0.25) is 0 Å². The van der Waals surface area contributed by atoms with Crippen molar-refractivity contribution in [3.8, 4) is 17.1 Å². The standard InChI is InChI=1S/C19H14F3NO3/c1-25-16-8-3-2-7-14(16)23-18(24)17-10-9-15(26-17)12-5-4-6-13(11-12)19(20,21)22/h2-11H,1H3,(H,23,24). The van der Waals surface area contributed by atoms with Crippen molar-refractivity contribution in [2.45, 2.75) is 6.18 Å². The molecule has 134 valence electrons. The van der Waals surface area contributed by atoms with E-state index in [2.05, 4.69) is 5.32 Å². The van der Waals surface area contributed by atoms with Gasteiger partial charge in [0, 0.05) is 5.56 Å². The van der Waals surface area contributed by atoms with Crippen molar-refractivity contribution >= 4 is 11.6 Å². The smallest absolute Gasteiger partial charge is 0.416 e. The fraction of sp³-hybridized carbons (Fsp3) is 0.105. The third-order valence-electron chi connectivity index (χ3n) is 3.66. The Morgan fingerprint density at radius 3 is 2.54 bits per heavy atom. The van der Waals surface area contributed by atoms with E-state index in [1.807, 2.05) is 0 Å². The molecule has 0 bridgehead atoms. The second kappa shape index (κ2) is 6.95. The van der Waals surface area contributed by atoms with Crippen molar-refractivity contribution in [1.82, 2.24) is 0 Å². The van der Waals surface area contributed by atoms with Crippen LogP contribution in [0.5, 0.6) is 5.75 Å². The summed E-state index contributed by atoms with van der Waals surface area (Å²) in [6.45, 7) is 0. The molecule has 3 aromatic rings. The fourth-order valence-electron chi connectivity index (χ4n) is 2.40. The van der Waals surface area contributed by atoms with E-state index in [1.165, 1.54) is 31.4 Å². The molecule has 0 fully saturated rings. The summed E-state index contributed by atoms with van der Waals surface area (Å²) in [5.74, 6) is 0.0860. The third-order valence-corrected chi connectivity index (χ3v) is 3.66. The lowest BCUT2D eigenvalue weighted by Crippen LogP contribution is -2.11. The van der Waals surface area contributed by atoms with Gasteiger partial charge in [0.1, 0.15) is 11.5 Å². The number of benzene rings is 2. The summed E-state index contributed by atoms with van der Waals surface area (Å²) < 4.78 is 49.0. The van der Waals surface area contributed by atoms with Gasteiger partial charge < -0.3 is 14.5 Å². The van der Waals surface area contributed by atoms with Gasteiger partial charge in [0.05, 0.1) is 18.4 Å². The quantitative estimate of drug-likeness (QED) is 0.693. The summed E-state index contributed by atoms with van der Waals surface area (Å²) in [6.07, 6.45) is -4.45. The Hall–Kier alpha value is -3.22. The SMILES string of the molecule is COc1ccccc1NC(=O)c1ccc(-c2cccc(C(F)(F)F)c2)o1. The highest BCUT2D eigenvalue weighted by Gasteiger charge is 2.30. The van der Waals surface area contributed by atoms with Gasteiger partial charge in [-0.2, -0.15) is 13.2 Å². The average molecular weight is 361 g/mol.